The highest BCUT2D eigenvalue weighted by Gasteiger charge is 2.19. The fraction of sp³-hybridized carbons (Fsp3) is 0.267. The Hall–Kier alpha value is -2.01. The first kappa shape index (κ1) is 13.0. The largest absolute Gasteiger partial charge is 0.454 e. The Kier molecular flexibility index (Phi) is 3.60. The molecule has 0 bridgehead atoms. The van der Waals surface area contributed by atoms with Crippen molar-refractivity contribution in [3.63, 3.8) is 0 Å². The molecule has 0 saturated heterocycles. The summed E-state index contributed by atoms with van der Waals surface area (Å²) < 4.78 is 10.6. The summed E-state index contributed by atoms with van der Waals surface area (Å²) in [5.41, 5.74) is 0.632. The highest BCUT2D eigenvalue weighted by Crippen LogP contribution is 2.32. The van der Waals surface area contributed by atoms with Crippen LogP contribution in [0.2, 0.25) is 0 Å². The van der Waals surface area contributed by atoms with Gasteiger partial charge in [-0.15, -0.1) is 11.3 Å². The van der Waals surface area contributed by atoms with Crippen molar-refractivity contribution in [3.8, 4) is 11.5 Å². The van der Waals surface area contributed by atoms with Crippen molar-refractivity contribution in [2.45, 2.75) is 13.5 Å². The van der Waals surface area contributed by atoms with E-state index in [0.29, 0.717) is 30.2 Å². The molecule has 104 valence electrons. The fourth-order valence-corrected chi connectivity index (χ4v) is 2.85. The Morgan fingerprint density at radius 3 is 2.90 bits per heavy atom. The molecule has 3 rings (SSSR count). The second-order valence-electron chi connectivity index (χ2n) is 4.47. The maximum absolute atomic E-state index is 12.5. The van der Waals surface area contributed by atoms with Crippen molar-refractivity contribution in [2.24, 2.45) is 0 Å². The Balaban J connectivity index is 1.79. The molecule has 20 heavy (non-hydrogen) atoms. The zero-order valence-corrected chi connectivity index (χ0v) is 12.0. The van der Waals surface area contributed by atoms with E-state index in [1.165, 1.54) is 4.88 Å². The Morgan fingerprint density at radius 1 is 1.30 bits per heavy atom. The van der Waals surface area contributed by atoms with E-state index in [1.54, 1.807) is 29.5 Å². The third-order valence-electron chi connectivity index (χ3n) is 3.22. The molecule has 2 heterocycles. The summed E-state index contributed by atoms with van der Waals surface area (Å²) in [6.07, 6.45) is 0. The smallest absolute Gasteiger partial charge is 0.254 e. The van der Waals surface area contributed by atoms with Gasteiger partial charge in [0.1, 0.15) is 0 Å². The summed E-state index contributed by atoms with van der Waals surface area (Å²) in [6.45, 7) is 3.52. The molecule has 4 nitrogen and oxygen atoms in total. The van der Waals surface area contributed by atoms with Gasteiger partial charge < -0.3 is 14.4 Å². The van der Waals surface area contributed by atoms with E-state index in [-0.39, 0.29) is 12.7 Å². The van der Waals surface area contributed by atoms with Crippen molar-refractivity contribution < 1.29 is 14.3 Å². The van der Waals surface area contributed by atoms with Crippen LogP contribution in [0.25, 0.3) is 0 Å². The van der Waals surface area contributed by atoms with Crippen LogP contribution in [0.3, 0.4) is 0 Å². The van der Waals surface area contributed by atoms with Gasteiger partial charge in [-0.25, -0.2) is 0 Å². The molecular formula is C15H15NO3S. The fourth-order valence-electron chi connectivity index (χ4n) is 2.13. The van der Waals surface area contributed by atoms with Gasteiger partial charge in [-0.1, -0.05) is 6.07 Å². The van der Waals surface area contributed by atoms with Gasteiger partial charge in [0.05, 0.1) is 6.54 Å². The van der Waals surface area contributed by atoms with E-state index in [2.05, 4.69) is 0 Å². The number of benzene rings is 1. The first-order valence-electron chi connectivity index (χ1n) is 6.49. The second-order valence-corrected chi connectivity index (χ2v) is 5.50. The van der Waals surface area contributed by atoms with E-state index in [4.69, 9.17) is 9.47 Å². The number of nitrogens with zero attached hydrogens (tertiary/aromatic N) is 1. The lowest BCUT2D eigenvalue weighted by molar-refractivity contribution is 0.0754. The van der Waals surface area contributed by atoms with Crippen LogP contribution < -0.4 is 9.47 Å². The number of fused-ring (bicyclic) bond motifs is 1. The average Bonchev–Trinajstić information content (AvgIpc) is 3.14. The lowest BCUT2D eigenvalue weighted by Gasteiger charge is -2.20. The van der Waals surface area contributed by atoms with E-state index in [0.717, 1.165) is 0 Å². The van der Waals surface area contributed by atoms with Crippen molar-refractivity contribution in [2.75, 3.05) is 13.3 Å². The van der Waals surface area contributed by atoms with Gasteiger partial charge in [0.25, 0.3) is 5.91 Å². The number of amides is 1. The molecule has 1 aliphatic rings. The molecule has 1 amide bonds. The zero-order chi connectivity index (χ0) is 13.9. The molecule has 1 aromatic carbocycles. The van der Waals surface area contributed by atoms with Crippen LogP contribution in [0.15, 0.2) is 35.7 Å². The average molecular weight is 289 g/mol. The molecule has 5 heteroatoms. The van der Waals surface area contributed by atoms with Crippen LogP contribution in [-0.4, -0.2) is 24.1 Å². The maximum atomic E-state index is 12.5. The topological polar surface area (TPSA) is 38.8 Å². The molecule has 0 N–H and O–H groups in total. The zero-order valence-electron chi connectivity index (χ0n) is 11.2. The molecule has 0 spiro atoms. The molecule has 2 aromatic rings. The molecule has 0 unspecified atom stereocenters. The third kappa shape index (κ3) is 2.49. The van der Waals surface area contributed by atoms with E-state index < -0.39 is 0 Å². The molecule has 0 fully saturated rings. The minimum atomic E-state index is 0.0131. The van der Waals surface area contributed by atoms with Gasteiger partial charge >= 0.3 is 0 Å². The molecule has 1 aliphatic heterocycles. The van der Waals surface area contributed by atoms with Crippen molar-refractivity contribution in [1.82, 2.24) is 4.90 Å². The molecular weight excluding hydrogens is 274 g/mol. The molecule has 0 atom stereocenters. The highest BCUT2D eigenvalue weighted by atomic mass is 32.1. The number of carbonyl (C=O) groups is 1. The highest BCUT2D eigenvalue weighted by molar-refractivity contribution is 7.09. The number of hydrogen-bond donors (Lipinski definition) is 0. The summed E-state index contributed by atoms with van der Waals surface area (Å²) in [5, 5.41) is 2.02. The van der Waals surface area contributed by atoms with Crippen LogP contribution in [0.5, 0.6) is 11.5 Å². The van der Waals surface area contributed by atoms with Crippen molar-refractivity contribution >= 4 is 17.2 Å². The SMILES string of the molecule is CCN(Cc1cccs1)C(=O)c1ccc2c(c1)OCO2. The molecule has 0 radical (unpaired) electrons. The molecule has 0 aliphatic carbocycles. The quantitative estimate of drug-likeness (QED) is 0.868. The second kappa shape index (κ2) is 5.54. The number of carbonyl (C=O) groups excluding carboxylic acids is 1. The third-order valence-corrected chi connectivity index (χ3v) is 4.08. The predicted molar refractivity (Wildman–Crippen MR) is 77.3 cm³/mol. The van der Waals surface area contributed by atoms with Crippen molar-refractivity contribution in [3.05, 3.63) is 46.2 Å². The van der Waals surface area contributed by atoms with E-state index in [9.17, 15) is 4.79 Å². The summed E-state index contributed by atoms with van der Waals surface area (Å²) in [7, 11) is 0. The molecule has 1 aromatic heterocycles. The number of ether oxygens (including phenoxy) is 2. The number of thiophene rings is 1. The Labute approximate surface area is 121 Å². The standard InChI is InChI=1S/C15H15NO3S/c1-2-16(9-12-4-3-7-20-12)15(17)11-5-6-13-14(8-11)19-10-18-13/h3-8H,2,9-10H2,1H3. The van der Waals surface area contributed by atoms with Crippen LogP contribution in [0.1, 0.15) is 22.2 Å². The van der Waals surface area contributed by atoms with Gasteiger partial charge in [0.15, 0.2) is 11.5 Å². The Bertz CT molecular complexity index is 610. The lowest BCUT2D eigenvalue weighted by atomic mass is 10.1. The monoisotopic (exact) mass is 289 g/mol. The summed E-state index contributed by atoms with van der Waals surface area (Å²) in [4.78, 5) is 15.5. The van der Waals surface area contributed by atoms with E-state index >= 15 is 0 Å². The normalized spacial score (nSPS) is 12.4. The predicted octanol–water partition coefficient (Wildman–Crippen LogP) is 3.14. The molecule has 0 saturated carbocycles. The summed E-state index contributed by atoms with van der Waals surface area (Å²) in [6, 6.07) is 9.36. The maximum Gasteiger partial charge on any atom is 0.254 e. The van der Waals surface area contributed by atoms with Gasteiger partial charge in [-0.05, 0) is 36.6 Å². The van der Waals surface area contributed by atoms with Gasteiger partial charge in [0, 0.05) is 17.0 Å². The van der Waals surface area contributed by atoms with Crippen molar-refractivity contribution in [1.29, 1.82) is 0 Å². The lowest BCUT2D eigenvalue weighted by Crippen LogP contribution is -2.29. The Morgan fingerprint density at radius 2 is 2.15 bits per heavy atom. The summed E-state index contributed by atoms with van der Waals surface area (Å²) >= 11 is 1.66. The first-order chi connectivity index (χ1) is 9.78. The van der Waals surface area contributed by atoms with E-state index in [1.807, 2.05) is 29.3 Å². The van der Waals surface area contributed by atoms with Gasteiger partial charge in [0.2, 0.25) is 6.79 Å². The first-order valence-corrected chi connectivity index (χ1v) is 7.37. The minimum Gasteiger partial charge on any atom is -0.454 e. The van der Waals surface area contributed by atoms with Gasteiger partial charge in [-0.2, -0.15) is 0 Å². The summed E-state index contributed by atoms with van der Waals surface area (Å²) in [5.74, 6) is 1.35. The van der Waals surface area contributed by atoms with Crippen LogP contribution in [0, 0.1) is 0 Å². The van der Waals surface area contributed by atoms with Crippen LogP contribution >= 0.6 is 11.3 Å². The van der Waals surface area contributed by atoms with Gasteiger partial charge in [-0.3, -0.25) is 4.79 Å². The van der Waals surface area contributed by atoms with Crippen LogP contribution in [-0.2, 0) is 6.54 Å². The number of hydrogen-bond acceptors (Lipinski definition) is 4. The minimum absolute atomic E-state index is 0.0131. The van der Waals surface area contributed by atoms with Crippen LogP contribution in [0.4, 0.5) is 0 Å². The number of rotatable bonds is 4.